The Hall–Kier alpha value is -11.5. The summed E-state index contributed by atoms with van der Waals surface area (Å²) in [6.07, 6.45) is 8.86. The van der Waals surface area contributed by atoms with Crippen LogP contribution in [0.5, 0.6) is 23.0 Å². The minimum absolute atomic E-state index is 0. The Morgan fingerprint density at radius 3 is 0.788 bits per heavy atom. The van der Waals surface area contributed by atoms with Crippen LogP contribution in [-0.2, 0) is 52.6 Å². The highest BCUT2D eigenvalue weighted by atomic mass is 79.9. The van der Waals surface area contributed by atoms with Gasteiger partial charge >= 0.3 is 61.1 Å². The van der Waals surface area contributed by atoms with E-state index in [1.54, 1.807) is 67.0 Å². The van der Waals surface area contributed by atoms with Gasteiger partial charge in [0, 0.05) is 90.0 Å². The summed E-state index contributed by atoms with van der Waals surface area (Å²) in [6.45, 7) is 16.0. The first-order chi connectivity index (χ1) is 61.4. The summed E-state index contributed by atoms with van der Waals surface area (Å²) < 4.78 is 204. The van der Waals surface area contributed by atoms with Crippen molar-refractivity contribution in [3.05, 3.63) is 330 Å². The summed E-state index contributed by atoms with van der Waals surface area (Å²) in [5.74, 6) is 0.0845. The van der Waals surface area contributed by atoms with Crippen LogP contribution in [0.1, 0.15) is 62.8 Å². The number of pyridine rings is 5. The van der Waals surface area contributed by atoms with E-state index >= 15 is 0 Å². The van der Waals surface area contributed by atoms with Gasteiger partial charge in [-0.05, 0) is 207 Å². The molecule has 0 amide bonds. The van der Waals surface area contributed by atoms with Crippen LogP contribution in [0.2, 0.25) is 0 Å². The van der Waals surface area contributed by atoms with E-state index < -0.39 is 89.3 Å². The SMILES string of the molecule is Brc1ccc(-c2ccccc2)cn1.C.CC1(C)OB(c2cc(O)cc(B3OC(C)(C)C(C)(C)O3)c2)OC1(C)C.O=S(=O)(OS(=O)(=O)C(F)(F)F)C(F)(F)F.O=S(=O)(Oc1cc(-c2ccc(-c3ccccc3)cn2)cc(-c2ccc(-c3ccccc3)cn2)c1)C(F)(F)F.Oc1cc(-c2ccc(-c3ccccc3)cn2)cc(-c2ccc(-c3ccccc3)cn2)c1.Oc1cc(Br)cc(Br)c1. The third kappa shape index (κ3) is 26.9. The van der Waals surface area contributed by atoms with Crippen molar-refractivity contribution in [2.24, 2.45) is 0 Å². The number of rotatable bonds is 15. The van der Waals surface area contributed by atoms with Gasteiger partial charge in [0.1, 0.15) is 27.6 Å². The molecule has 0 unspecified atom stereocenters. The predicted octanol–water partition coefficient (Wildman–Crippen LogP) is 24.0. The van der Waals surface area contributed by atoms with E-state index in [-0.39, 0.29) is 24.7 Å². The van der Waals surface area contributed by atoms with E-state index in [1.165, 1.54) is 17.7 Å². The third-order valence-corrected chi connectivity index (χ3v) is 25.4. The molecule has 0 radical (unpaired) electrons. The van der Waals surface area contributed by atoms with Crippen LogP contribution in [0.4, 0.5) is 39.5 Å². The highest BCUT2D eigenvalue weighted by Gasteiger charge is 2.58. The Bertz CT molecular complexity index is 6240. The van der Waals surface area contributed by atoms with Crippen molar-refractivity contribution in [2.45, 2.75) is 102 Å². The topological polar surface area (TPSA) is 283 Å². The van der Waals surface area contributed by atoms with Gasteiger partial charge in [0.2, 0.25) is 0 Å². The third-order valence-electron chi connectivity index (χ3n) is 20.4. The molecule has 0 aliphatic carbocycles. The van der Waals surface area contributed by atoms with E-state index in [0.717, 1.165) is 97.1 Å². The molecule has 0 bridgehead atoms. The van der Waals surface area contributed by atoms with Crippen molar-refractivity contribution in [3.63, 3.8) is 0 Å². The van der Waals surface area contributed by atoms with E-state index in [1.807, 2.05) is 260 Å². The maximum Gasteiger partial charge on any atom is 0.534 e. The Morgan fingerprint density at radius 2 is 0.545 bits per heavy atom. The maximum atomic E-state index is 13.0. The molecule has 20 nitrogen and oxygen atoms in total. The number of phenolic OH excluding ortho intramolecular Hbond substituents is 3. The molecule has 37 heteroatoms. The molecule has 16 rings (SSSR count). The number of aromatic nitrogens is 5. The lowest BCUT2D eigenvalue weighted by Crippen LogP contribution is -2.41. The molecule has 7 heterocycles. The Kier molecular flexibility index (Phi) is 33.1. The van der Waals surface area contributed by atoms with E-state index in [0.29, 0.717) is 22.5 Å². The van der Waals surface area contributed by atoms with Crippen LogP contribution >= 0.6 is 47.8 Å². The fraction of sp³-hybridized carbons (Fsp3) is 0.168. The number of halogens is 12. The Labute approximate surface area is 784 Å². The molecule has 14 aromatic rings. The Balaban J connectivity index is 0.000000174. The van der Waals surface area contributed by atoms with Crippen molar-refractivity contribution in [1.29, 1.82) is 0 Å². The second-order valence-corrected chi connectivity index (χ2v) is 38.4. The molecule has 2 saturated heterocycles. The van der Waals surface area contributed by atoms with Crippen LogP contribution in [0.15, 0.2) is 330 Å². The predicted molar refractivity (Wildman–Crippen MR) is 503 cm³/mol. The zero-order chi connectivity index (χ0) is 95.3. The normalized spacial score (nSPS) is 14.2. The van der Waals surface area contributed by atoms with Gasteiger partial charge in [-0.2, -0.15) is 64.8 Å². The number of aromatic hydroxyl groups is 3. The van der Waals surface area contributed by atoms with E-state index in [2.05, 4.69) is 113 Å². The van der Waals surface area contributed by atoms with Gasteiger partial charge in [-0.25, -0.2) is 4.98 Å². The number of alkyl halides is 9. The van der Waals surface area contributed by atoms with Crippen molar-refractivity contribution >= 4 is 103 Å². The zero-order valence-corrected chi connectivity index (χ0v) is 77.6. The highest BCUT2D eigenvalue weighted by molar-refractivity contribution is 9.11. The molecule has 9 aromatic carbocycles. The van der Waals surface area contributed by atoms with Crippen molar-refractivity contribution in [1.82, 2.24) is 24.9 Å². The number of benzene rings is 9. The minimum atomic E-state index is -6.85. The van der Waals surface area contributed by atoms with Gasteiger partial charge in [-0.15, -0.1) is 3.63 Å². The number of hydrogen-bond donors (Lipinski definition) is 3. The monoisotopic (exact) mass is 2060 g/mol. The molecule has 5 aromatic heterocycles. The van der Waals surface area contributed by atoms with Crippen LogP contribution in [-0.4, -0.2) is 119 Å². The zero-order valence-electron chi connectivity index (χ0n) is 70.4. The summed E-state index contributed by atoms with van der Waals surface area (Å²) >= 11 is 9.75. The molecule has 3 N–H and O–H groups in total. The standard InChI is InChI=1S/C29H19F3N2O3S.C28H20N2O.C18H28B2O5.C11H8BrN.C6H4Br2O.C2F6O5S2.CH4/c30-29(31,32)38(35,36)37-26-16-24(27-13-11-22(18-33-27)20-7-3-1-4-8-20)15-25(17-26)28-14-12-23(19-34-28)21-9-5-2-6-10-21;31-26-16-24(27-13-11-22(18-29-27)20-7-3-1-4-8-20)15-25(17-26)28-14-12-23(19-30-28)21-9-5-2-6-10-21;1-15(2)16(3,4)23-19(22-15)12-9-13(11-14(21)10-12)20-24-17(5,6)18(7,8)25-20;12-11-7-6-10(8-13-11)9-4-2-1-3-5-9;7-4-1-5(8)3-6(9)2-4;3-1(4,5)14(9,10)13-15(11,12)2(6,7)8;/h1-19H;1-19,31H;9-11,21H,1-8H3;1-8H;1-3,9H;;1H4. The molecule has 132 heavy (non-hydrogen) atoms. The summed E-state index contributed by atoms with van der Waals surface area (Å²) in [5.41, 5.74) is -3.16. The lowest BCUT2D eigenvalue weighted by molar-refractivity contribution is -0.0586. The van der Waals surface area contributed by atoms with E-state index in [9.17, 15) is 75.0 Å². The quantitative estimate of drug-likeness (QED) is 0.0283. The van der Waals surface area contributed by atoms with Gasteiger partial charge in [0.05, 0.1) is 45.2 Å². The molecule has 0 spiro atoms. The Morgan fingerprint density at radius 1 is 0.295 bits per heavy atom. The van der Waals surface area contributed by atoms with E-state index in [4.69, 9.17) is 23.7 Å². The van der Waals surface area contributed by atoms with Gasteiger partial charge in [-0.3, -0.25) is 19.9 Å². The second-order valence-electron chi connectivity index (χ2n) is 31.0. The summed E-state index contributed by atoms with van der Waals surface area (Å²) in [7, 11) is -20.7. The summed E-state index contributed by atoms with van der Waals surface area (Å²) in [4.78, 5) is 22.3. The van der Waals surface area contributed by atoms with Crippen molar-refractivity contribution in [2.75, 3.05) is 0 Å². The fourth-order valence-corrected chi connectivity index (χ4v) is 15.8. The molecular weight excluding hydrogens is 1980 g/mol. The van der Waals surface area contributed by atoms with Gasteiger partial charge in [0.15, 0.2) is 0 Å². The lowest BCUT2D eigenvalue weighted by Gasteiger charge is -2.32. The largest absolute Gasteiger partial charge is 0.534 e. The summed E-state index contributed by atoms with van der Waals surface area (Å²) in [5, 5.41) is 29.5. The van der Waals surface area contributed by atoms with Gasteiger partial charge in [0.25, 0.3) is 0 Å². The highest BCUT2D eigenvalue weighted by Crippen LogP contribution is 2.42. The van der Waals surface area contributed by atoms with Crippen molar-refractivity contribution < 1.29 is 107 Å². The first-order valence-electron chi connectivity index (χ1n) is 39.2. The number of phenols is 3. The number of nitrogens with zero attached hydrogens (tertiary/aromatic N) is 5. The second kappa shape index (κ2) is 42.6. The van der Waals surface area contributed by atoms with Crippen LogP contribution in [0.25, 0.3) is 101 Å². The lowest BCUT2D eigenvalue weighted by atomic mass is 9.71. The van der Waals surface area contributed by atoms with Crippen molar-refractivity contribution in [3.8, 4) is 124 Å². The molecule has 2 fully saturated rings. The van der Waals surface area contributed by atoms with Crippen LogP contribution < -0.4 is 15.1 Å². The van der Waals surface area contributed by atoms with Gasteiger partial charge in [-0.1, -0.05) is 227 Å². The molecule has 0 saturated carbocycles. The molecule has 2 aliphatic rings. The first kappa shape index (κ1) is 103. The number of hydrogen-bond acceptors (Lipinski definition) is 20. The minimum Gasteiger partial charge on any atom is -0.508 e. The average molecular weight is 2060 g/mol. The van der Waals surface area contributed by atoms with Crippen LogP contribution in [0.3, 0.4) is 0 Å². The average Bonchev–Trinajstić information content (AvgIpc) is 1.74. The molecule has 686 valence electrons. The van der Waals surface area contributed by atoms with Crippen LogP contribution in [0, 0.1) is 0 Å². The fourth-order valence-electron chi connectivity index (χ4n) is 12.3. The smallest absolute Gasteiger partial charge is 0.508 e. The maximum absolute atomic E-state index is 13.0. The molecule has 0 atom stereocenters. The molecular formula is C95H83B2Br3F9N5O15S3. The first-order valence-corrected chi connectivity index (χ1v) is 45.8. The summed E-state index contributed by atoms with van der Waals surface area (Å²) in [6, 6.07) is 88.6. The van der Waals surface area contributed by atoms with Gasteiger partial charge < -0.3 is 38.1 Å². The molecule has 2 aliphatic heterocycles.